The van der Waals surface area contributed by atoms with E-state index < -0.39 is 5.41 Å². The lowest BCUT2D eigenvalue weighted by Gasteiger charge is -2.58. The summed E-state index contributed by atoms with van der Waals surface area (Å²) in [7, 11) is 0. The number of aromatic amines is 1. The van der Waals surface area contributed by atoms with Crippen molar-refractivity contribution >= 4 is 34.2 Å². The first-order valence-electron chi connectivity index (χ1n) is 10.0. The summed E-state index contributed by atoms with van der Waals surface area (Å²) in [6.07, 6.45) is 5.39. The molecule has 0 saturated heterocycles. The third-order valence-corrected chi connectivity index (χ3v) is 7.23. The number of aromatic nitrogens is 2. The van der Waals surface area contributed by atoms with Gasteiger partial charge in [-0.2, -0.15) is 5.26 Å². The number of hydrogen-bond donors (Lipinski definition) is 2. The molecule has 4 aliphatic carbocycles. The van der Waals surface area contributed by atoms with Crippen LogP contribution in [0.5, 0.6) is 0 Å². The second-order valence-corrected chi connectivity index (χ2v) is 9.81. The molecule has 6 rings (SSSR count). The molecular formula is C22H22ClN3O3. The molecule has 4 aliphatic rings. The zero-order chi connectivity index (χ0) is 20.2. The van der Waals surface area contributed by atoms with Gasteiger partial charge in [0.2, 0.25) is 0 Å². The first-order chi connectivity index (χ1) is 13.9. The molecule has 6 nitrogen and oxygen atoms in total. The van der Waals surface area contributed by atoms with Gasteiger partial charge in [0.1, 0.15) is 18.2 Å². The van der Waals surface area contributed by atoms with Gasteiger partial charge in [0, 0.05) is 4.87 Å². The lowest BCUT2D eigenvalue weighted by atomic mass is 9.49. The maximum absolute atomic E-state index is 13.0. The summed E-state index contributed by atoms with van der Waals surface area (Å²) >= 11 is 6.80. The number of aliphatic hydroxyl groups excluding tert-OH is 1. The van der Waals surface area contributed by atoms with E-state index in [2.05, 4.69) is 9.97 Å². The number of rotatable bonds is 4. The molecule has 150 valence electrons. The summed E-state index contributed by atoms with van der Waals surface area (Å²) in [5.41, 5.74) is 0.897. The van der Waals surface area contributed by atoms with E-state index in [4.69, 9.17) is 16.3 Å². The van der Waals surface area contributed by atoms with Gasteiger partial charge in [0.25, 0.3) is 0 Å². The van der Waals surface area contributed by atoms with Crippen molar-refractivity contribution < 1.29 is 14.6 Å². The van der Waals surface area contributed by atoms with Gasteiger partial charge in [0.15, 0.2) is 11.6 Å². The number of imidazole rings is 1. The largest absolute Gasteiger partial charge is 0.507 e. The number of ether oxygens (including phenoxy) is 1. The van der Waals surface area contributed by atoms with Gasteiger partial charge >= 0.3 is 5.97 Å². The molecule has 2 aromatic rings. The van der Waals surface area contributed by atoms with E-state index in [9.17, 15) is 15.2 Å². The van der Waals surface area contributed by atoms with Crippen LogP contribution in [0.3, 0.4) is 0 Å². The Balaban J connectivity index is 1.35. The number of fused-ring (bicyclic) bond motifs is 1. The summed E-state index contributed by atoms with van der Waals surface area (Å²) in [4.78, 5) is 20.1. The van der Waals surface area contributed by atoms with Crippen LogP contribution in [-0.4, -0.2) is 32.5 Å². The third-order valence-electron chi connectivity index (χ3n) is 6.79. The van der Waals surface area contributed by atoms with Crippen LogP contribution in [0.4, 0.5) is 0 Å². The Hall–Kier alpha value is -2.52. The highest BCUT2D eigenvalue weighted by molar-refractivity contribution is 6.24. The van der Waals surface area contributed by atoms with Crippen LogP contribution < -0.4 is 0 Å². The molecule has 1 aromatic heterocycles. The Labute approximate surface area is 173 Å². The Kier molecular flexibility index (Phi) is 4.15. The van der Waals surface area contributed by atoms with Crippen molar-refractivity contribution in [2.45, 2.75) is 43.4 Å². The maximum Gasteiger partial charge on any atom is 0.312 e. The highest BCUT2D eigenvalue weighted by Gasteiger charge is 2.60. The number of hydrogen-bond acceptors (Lipinski definition) is 5. The van der Waals surface area contributed by atoms with Crippen molar-refractivity contribution in [3.8, 4) is 6.07 Å². The zero-order valence-electron chi connectivity index (χ0n) is 15.9. The van der Waals surface area contributed by atoms with Crippen molar-refractivity contribution in [1.82, 2.24) is 9.97 Å². The number of esters is 1. The number of carbonyl (C=O) groups is 1. The molecule has 4 bridgehead atoms. The summed E-state index contributed by atoms with van der Waals surface area (Å²) in [5, 5.41) is 20.0. The third kappa shape index (κ3) is 3.08. The molecule has 4 saturated carbocycles. The minimum Gasteiger partial charge on any atom is -0.507 e. The molecular weight excluding hydrogens is 390 g/mol. The number of carbonyl (C=O) groups excluding carboxylic acids is 1. The predicted molar refractivity (Wildman–Crippen MR) is 108 cm³/mol. The molecule has 2 unspecified atom stereocenters. The number of benzene rings is 1. The molecule has 29 heavy (non-hydrogen) atoms. The molecule has 2 atom stereocenters. The highest BCUT2D eigenvalue weighted by atomic mass is 35.5. The van der Waals surface area contributed by atoms with Gasteiger partial charge in [-0.1, -0.05) is 12.1 Å². The second-order valence-electron chi connectivity index (χ2n) is 9.00. The van der Waals surface area contributed by atoms with E-state index in [0.29, 0.717) is 23.8 Å². The SMILES string of the molecule is N#C/C(=C(\O)COC(=O)C12CC3CC(CC(Cl)(C3)C1)C2)c1nc2ccccc2[nH]1. The van der Waals surface area contributed by atoms with Crippen LogP contribution in [0.25, 0.3) is 16.6 Å². The van der Waals surface area contributed by atoms with Crippen molar-refractivity contribution in [3.63, 3.8) is 0 Å². The topological polar surface area (TPSA) is 99.0 Å². The number of alkyl halides is 1. The maximum atomic E-state index is 13.0. The van der Waals surface area contributed by atoms with E-state index in [1.807, 2.05) is 30.3 Å². The van der Waals surface area contributed by atoms with E-state index in [0.717, 1.165) is 37.6 Å². The summed E-state index contributed by atoms with van der Waals surface area (Å²) in [6, 6.07) is 9.33. The monoisotopic (exact) mass is 411 g/mol. The van der Waals surface area contributed by atoms with E-state index in [-0.39, 0.29) is 34.6 Å². The van der Waals surface area contributed by atoms with E-state index in [1.165, 1.54) is 0 Å². The minimum absolute atomic E-state index is 0.0201. The van der Waals surface area contributed by atoms with Crippen molar-refractivity contribution in [2.75, 3.05) is 6.61 Å². The van der Waals surface area contributed by atoms with Gasteiger partial charge in [-0.3, -0.25) is 4.79 Å². The van der Waals surface area contributed by atoms with Crippen LogP contribution in [0, 0.1) is 28.6 Å². The summed E-state index contributed by atoms with van der Waals surface area (Å²) in [6.45, 7) is -0.342. The van der Waals surface area contributed by atoms with Crippen molar-refractivity contribution in [1.29, 1.82) is 5.26 Å². The molecule has 4 fully saturated rings. The molecule has 1 aromatic carbocycles. The average molecular weight is 412 g/mol. The fourth-order valence-corrected chi connectivity index (χ4v) is 6.77. The first-order valence-corrected chi connectivity index (χ1v) is 10.4. The number of nitrogens with one attached hydrogen (secondary N) is 1. The number of nitriles is 1. The Morgan fingerprint density at radius 2 is 2.03 bits per heavy atom. The van der Waals surface area contributed by atoms with Crippen molar-refractivity contribution in [2.24, 2.45) is 17.3 Å². The number of nitrogens with zero attached hydrogens (tertiary/aromatic N) is 2. The average Bonchev–Trinajstić information content (AvgIpc) is 3.08. The Morgan fingerprint density at radius 1 is 1.31 bits per heavy atom. The van der Waals surface area contributed by atoms with Gasteiger partial charge in [-0.25, -0.2) is 4.98 Å². The van der Waals surface area contributed by atoms with Gasteiger partial charge in [-0.05, 0) is 62.5 Å². The molecule has 2 N–H and O–H groups in total. The van der Waals surface area contributed by atoms with Crippen LogP contribution in [-0.2, 0) is 9.53 Å². The smallest absolute Gasteiger partial charge is 0.312 e. The highest BCUT2D eigenvalue weighted by Crippen LogP contribution is 2.64. The lowest BCUT2D eigenvalue weighted by molar-refractivity contribution is -0.169. The molecule has 0 spiro atoms. The second kappa shape index (κ2) is 6.50. The first kappa shape index (κ1) is 18.5. The minimum atomic E-state index is -0.543. The number of aliphatic hydroxyl groups is 1. The van der Waals surface area contributed by atoms with Crippen LogP contribution >= 0.6 is 11.6 Å². The van der Waals surface area contributed by atoms with Crippen molar-refractivity contribution in [3.05, 3.63) is 35.8 Å². The standard InChI is InChI=1S/C22H22ClN3O3/c23-22-8-13-5-14(9-22)7-21(6-13,12-22)20(28)29-11-18(27)15(10-24)19-25-16-3-1-2-4-17(16)26-19/h1-4,13-14,27H,5-9,11-12H2,(H,25,26)/b18-15+. The van der Waals surface area contributed by atoms with E-state index >= 15 is 0 Å². The quantitative estimate of drug-likeness (QED) is 0.334. The molecule has 0 radical (unpaired) electrons. The Bertz CT molecular complexity index is 1020. The number of para-hydroxylation sites is 2. The van der Waals surface area contributed by atoms with Gasteiger partial charge in [-0.15, -0.1) is 11.6 Å². The predicted octanol–water partition coefficient (Wildman–Crippen LogP) is 4.48. The van der Waals surface area contributed by atoms with Crippen LogP contribution in [0.15, 0.2) is 30.0 Å². The Morgan fingerprint density at radius 3 is 2.69 bits per heavy atom. The zero-order valence-corrected chi connectivity index (χ0v) is 16.7. The number of halogens is 1. The van der Waals surface area contributed by atoms with E-state index in [1.54, 1.807) is 0 Å². The molecule has 0 amide bonds. The number of H-pyrrole nitrogens is 1. The fourth-order valence-electron chi connectivity index (χ4n) is 6.07. The van der Waals surface area contributed by atoms with Gasteiger partial charge in [0.05, 0.1) is 16.4 Å². The molecule has 7 heteroatoms. The van der Waals surface area contributed by atoms with Crippen LogP contribution in [0.2, 0.25) is 0 Å². The summed E-state index contributed by atoms with van der Waals surface area (Å²) < 4.78 is 5.51. The molecule has 1 heterocycles. The molecule has 0 aliphatic heterocycles. The number of allylic oxidation sites excluding steroid dienone is 1. The lowest BCUT2D eigenvalue weighted by Crippen LogP contribution is -2.56. The van der Waals surface area contributed by atoms with Gasteiger partial charge < -0.3 is 14.8 Å². The fraction of sp³-hybridized carbons (Fsp3) is 0.500. The normalized spacial score (nSPS) is 33.4. The summed E-state index contributed by atoms with van der Waals surface area (Å²) in [5.74, 6) is 0.623. The van der Waals surface area contributed by atoms with Crippen LogP contribution in [0.1, 0.15) is 44.3 Å².